The van der Waals surface area contributed by atoms with Crippen LogP contribution < -0.4 is 9.47 Å². The Morgan fingerprint density at radius 2 is 1.22 bits per heavy atom. The average Bonchev–Trinajstić information content (AvgIpc) is 2.56. The number of ether oxygens (including phenoxy) is 2. The topological polar surface area (TPSA) is 18.5 Å². The lowest BCUT2D eigenvalue weighted by molar-refractivity contribution is 0.317. The van der Waals surface area contributed by atoms with Crippen LogP contribution in [0.1, 0.15) is 51.2 Å². The molecule has 0 radical (unpaired) electrons. The molecule has 0 saturated carbocycles. The molecule has 0 aliphatic rings. The Labute approximate surface area is 140 Å². The molecule has 2 rings (SSSR count). The zero-order valence-corrected chi connectivity index (χ0v) is 14.7. The average molecular weight is 312 g/mol. The first-order valence-corrected chi connectivity index (χ1v) is 8.61. The van der Waals surface area contributed by atoms with Gasteiger partial charge < -0.3 is 9.47 Å². The van der Waals surface area contributed by atoms with Crippen LogP contribution in [-0.2, 0) is 0 Å². The van der Waals surface area contributed by atoms with Gasteiger partial charge in [0.2, 0.25) is 0 Å². The summed E-state index contributed by atoms with van der Waals surface area (Å²) in [5, 5.41) is 0. The molecule has 2 aromatic rings. The second-order valence-electron chi connectivity index (χ2n) is 6.14. The summed E-state index contributed by atoms with van der Waals surface area (Å²) in [6.45, 7) is 10.1. The third kappa shape index (κ3) is 4.75. The fourth-order valence-corrected chi connectivity index (χ4v) is 2.89. The van der Waals surface area contributed by atoms with Crippen molar-refractivity contribution in [1.82, 2.24) is 0 Å². The number of hydrogen-bond donors (Lipinski definition) is 0. The highest BCUT2D eigenvalue weighted by atomic mass is 16.5. The maximum absolute atomic E-state index is 5.68. The van der Waals surface area contributed by atoms with Crippen LogP contribution in [0.5, 0.6) is 11.5 Å². The first kappa shape index (κ1) is 17.4. The quantitative estimate of drug-likeness (QED) is 0.626. The second-order valence-corrected chi connectivity index (χ2v) is 6.14. The molecular formula is C21H28O2. The van der Waals surface area contributed by atoms with E-state index in [1.165, 1.54) is 11.1 Å². The molecule has 0 bridgehead atoms. The molecule has 0 spiro atoms. The van der Waals surface area contributed by atoms with Gasteiger partial charge in [0.15, 0.2) is 0 Å². The Hall–Kier alpha value is -1.96. The standard InChI is InChI=1S/C21H28O2/c1-5-15-23-20-13-9-18(10-14-20)21(16(3)4)17-7-11-19(12-8-17)22-6-2/h7-14,16,21H,5-6,15H2,1-4H3. The van der Waals surface area contributed by atoms with E-state index in [1.807, 2.05) is 6.92 Å². The molecule has 124 valence electrons. The minimum atomic E-state index is 0.380. The molecule has 0 aliphatic heterocycles. The highest BCUT2D eigenvalue weighted by molar-refractivity contribution is 5.38. The molecular weight excluding hydrogens is 284 g/mol. The first-order valence-electron chi connectivity index (χ1n) is 8.61. The number of rotatable bonds is 8. The van der Waals surface area contributed by atoms with E-state index in [-0.39, 0.29) is 0 Å². The summed E-state index contributed by atoms with van der Waals surface area (Å²) < 4.78 is 11.2. The van der Waals surface area contributed by atoms with Gasteiger partial charge in [-0.1, -0.05) is 45.0 Å². The van der Waals surface area contributed by atoms with Crippen molar-refractivity contribution in [2.45, 2.75) is 40.0 Å². The van der Waals surface area contributed by atoms with Gasteiger partial charge in [-0.3, -0.25) is 0 Å². The second kappa shape index (κ2) is 8.61. The van der Waals surface area contributed by atoms with E-state index in [9.17, 15) is 0 Å². The van der Waals surface area contributed by atoms with Gasteiger partial charge in [-0.15, -0.1) is 0 Å². The van der Waals surface area contributed by atoms with Crippen molar-refractivity contribution >= 4 is 0 Å². The number of benzene rings is 2. The van der Waals surface area contributed by atoms with Crippen LogP contribution in [0, 0.1) is 5.92 Å². The Bertz CT molecular complexity index is 570. The van der Waals surface area contributed by atoms with Crippen LogP contribution in [0.25, 0.3) is 0 Å². The maximum atomic E-state index is 5.68. The Balaban J connectivity index is 2.20. The van der Waals surface area contributed by atoms with Crippen molar-refractivity contribution in [3.63, 3.8) is 0 Å². The van der Waals surface area contributed by atoms with E-state index in [0.29, 0.717) is 18.4 Å². The van der Waals surface area contributed by atoms with Gasteiger partial charge in [0.1, 0.15) is 11.5 Å². The molecule has 0 amide bonds. The van der Waals surface area contributed by atoms with Crippen LogP contribution in [0.3, 0.4) is 0 Å². The lowest BCUT2D eigenvalue weighted by atomic mass is 9.82. The van der Waals surface area contributed by atoms with Gasteiger partial charge in [0, 0.05) is 5.92 Å². The van der Waals surface area contributed by atoms with E-state index in [2.05, 4.69) is 69.3 Å². The Morgan fingerprint density at radius 1 is 0.739 bits per heavy atom. The van der Waals surface area contributed by atoms with Gasteiger partial charge in [0.25, 0.3) is 0 Å². The zero-order chi connectivity index (χ0) is 16.7. The predicted octanol–water partition coefficient (Wildman–Crippen LogP) is 5.66. The van der Waals surface area contributed by atoms with Gasteiger partial charge in [-0.2, -0.15) is 0 Å². The Morgan fingerprint density at radius 3 is 1.61 bits per heavy atom. The molecule has 23 heavy (non-hydrogen) atoms. The fourth-order valence-electron chi connectivity index (χ4n) is 2.89. The summed E-state index contributed by atoms with van der Waals surface area (Å²) >= 11 is 0. The summed E-state index contributed by atoms with van der Waals surface area (Å²) in [7, 11) is 0. The summed E-state index contributed by atoms with van der Waals surface area (Å²) in [4.78, 5) is 0. The van der Waals surface area contributed by atoms with Crippen LogP contribution in [-0.4, -0.2) is 13.2 Å². The first-order chi connectivity index (χ1) is 11.2. The van der Waals surface area contributed by atoms with E-state index in [0.717, 1.165) is 24.5 Å². The van der Waals surface area contributed by atoms with E-state index in [1.54, 1.807) is 0 Å². The molecule has 1 atom stereocenters. The molecule has 1 unspecified atom stereocenters. The third-order valence-corrected chi connectivity index (χ3v) is 3.93. The molecule has 0 N–H and O–H groups in total. The van der Waals surface area contributed by atoms with Crippen molar-refractivity contribution in [1.29, 1.82) is 0 Å². The molecule has 0 saturated heterocycles. The van der Waals surface area contributed by atoms with Gasteiger partial charge >= 0.3 is 0 Å². The maximum Gasteiger partial charge on any atom is 0.119 e. The largest absolute Gasteiger partial charge is 0.494 e. The molecule has 0 aliphatic carbocycles. The minimum Gasteiger partial charge on any atom is -0.494 e. The predicted molar refractivity (Wildman–Crippen MR) is 96.5 cm³/mol. The van der Waals surface area contributed by atoms with Crippen LogP contribution in [0.4, 0.5) is 0 Å². The van der Waals surface area contributed by atoms with Crippen LogP contribution in [0.15, 0.2) is 48.5 Å². The van der Waals surface area contributed by atoms with Crippen molar-refractivity contribution in [2.75, 3.05) is 13.2 Å². The number of hydrogen-bond acceptors (Lipinski definition) is 2. The molecule has 2 heteroatoms. The lowest BCUT2D eigenvalue weighted by Crippen LogP contribution is -2.08. The Kier molecular flexibility index (Phi) is 6.52. The van der Waals surface area contributed by atoms with E-state index >= 15 is 0 Å². The fraction of sp³-hybridized carbons (Fsp3) is 0.429. The molecule has 0 fully saturated rings. The van der Waals surface area contributed by atoms with E-state index in [4.69, 9.17) is 9.47 Å². The van der Waals surface area contributed by atoms with Gasteiger partial charge in [-0.05, 0) is 54.7 Å². The smallest absolute Gasteiger partial charge is 0.119 e. The summed E-state index contributed by atoms with van der Waals surface area (Å²) in [5.41, 5.74) is 2.65. The SMILES string of the molecule is CCCOc1ccc(C(c2ccc(OCC)cc2)C(C)C)cc1. The van der Waals surface area contributed by atoms with Crippen molar-refractivity contribution in [3.05, 3.63) is 59.7 Å². The highest BCUT2D eigenvalue weighted by Gasteiger charge is 2.18. The zero-order valence-electron chi connectivity index (χ0n) is 14.7. The van der Waals surface area contributed by atoms with Crippen molar-refractivity contribution in [2.24, 2.45) is 5.92 Å². The monoisotopic (exact) mass is 312 g/mol. The third-order valence-electron chi connectivity index (χ3n) is 3.93. The van der Waals surface area contributed by atoms with Crippen LogP contribution in [0.2, 0.25) is 0 Å². The van der Waals surface area contributed by atoms with Gasteiger partial charge in [-0.25, -0.2) is 0 Å². The molecule has 0 heterocycles. The molecule has 2 aromatic carbocycles. The lowest BCUT2D eigenvalue weighted by Gasteiger charge is -2.22. The molecule has 2 nitrogen and oxygen atoms in total. The summed E-state index contributed by atoms with van der Waals surface area (Å²) in [6.07, 6.45) is 1.03. The minimum absolute atomic E-state index is 0.380. The van der Waals surface area contributed by atoms with E-state index < -0.39 is 0 Å². The van der Waals surface area contributed by atoms with Crippen molar-refractivity contribution in [3.8, 4) is 11.5 Å². The molecule has 0 aromatic heterocycles. The summed E-state index contributed by atoms with van der Waals surface area (Å²) in [5.74, 6) is 2.79. The normalized spacial score (nSPS) is 12.2. The van der Waals surface area contributed by atoms with Crippen LogP contribution >= 0.6 is 0 Å². The van der Waals surface area contributed by atoms with Gasteiger partial charge in [0.05, 0.1) is 13.2 Å². The summed E-state index contributed by atoms with van der Waals surface area (Å²) in [6, 6.07) is 17.0. The van der Waals surface area contributed by atoms with Crippen molar-refractivity contribution < 1.29 is 9.47 Å². The highest BCUT2D eigenvalue weighted by Crippen LogP contribution is 2.33.